The monoisotopic (exact) mass is 329 g/mol. The van der Waals surface area contributed by atoms with Crippen molar-refractivity contribution in [1.82, 2.24) is 15.1 Å². The predicted molar refractivity (Wildman–Crippen MR) is 75.0 cm³/mol. The fourth-order valence-electron chi connectivity index (χ4n) is 1.33. The molecule has 2 N–H and O–H groups in total. The first-order chi connectivity index (χ1) is 10.8. The quantitative estimate of drug-likeness (QED) is 0.660. The van der Waals surface area contributed by atoms with Gasteiger partial charge in [-0.15, -0.1) is 0 Å². The van der Waals surface area contributed by atoms with Gasteiger partial charge in [0.1, 0.15) is 6.20 Å². The van der Waals surface area contributed by atoms with Crippen LogP contribution in [-0.4, -0.2) is 38.1 Å². The topological polar surface area (TPSA) is 83.0 Å². The molecule has 0 unspecified atom stereocenters. The van der Waals surface area contributed by atoms with Gasteiger partial charge in [0.15, 0.2) is 24.3 Å². The molecule has 0 aliphatic carbocycles. The van der Waals surface area contributed by atoms with Crippen LogP contribution in [0, 0.1) is 0 Å². The molecule has 0 atom stereocenters. The van der Waals surface area contributed by atoms with E-state index in [4.69, 9.17) is 10.2 Å². The number of hydrogen-bond acceptors (Lipinski definition) is 5. The van der Waals surface area contributed by atoms with Crippen LogP contribution in [0.5, 0.6) is 0 Å². The molecule has 9 heteroatoms. The van der Waals surface area contributed by atoms with Crippen LogP contribution in [0.25, 0.3) is 11.4 Å². The summed E-state index contributed by atoms with van der Waals surface area (Å²) in [5.74, 6) is -1.09. The lowest BCUT2D eigenvalue weighted by molar-refractivity contribution is -0.754. The Kier molecular flexibility index (Phi) is 7.07. The molecular formula is C14H16F3N4O2+. The fourth-order valence-corrected chi connectivity index (χ4v) is 1.33. The second-order valence-corrected chi connectivity index (χ2v) is 4.27. The number of halogens is 3. The highest BCUT2D eigenvalue weighted by molar-refractivity contribution is 5.51. The summed E-state index contributed by atoms with van der Waals surface area (Å²) < 4.78 is 34.3. The van der Waals surface area contributed by atoms with Gasteiger partial charge in [0.2, 0.25) is 0 Å². The predicted octanol–water partition coefficient (Wildman–Crippen LogP) is 1.83. The molecule has 0 bridgehead atoms. The Morgan fingerprint density at radius 1 is 1.26 bits per heavy atom. The second-order valence-electron chi connectivity index (χ2n) is 4.27. The number of hydrogen-bond donors (Lipinski definition) is 2. The van der Waals surface area contributed by atoms with E-state index in [1.807, 2.05) is 12.3 Å². The Labute approximate surface area is 130 Å². The Morgan fingerprint density at radius 2 is 1.87 bits per heavy atom. The highest BCUT2D eigenvalue weighted by Crippen LogP contribution is 2.20. The van der Waals surface area contributed by atoms with Crippen LogP contribution in [0.3, 0.4) is 0 Å². The van der Waals surface area contributed by atoms with Crippen molar-refractivity contribution in [3.63, 3.8) is 0 Å². The van der Waals surface area contributed by atoms with E-state index >= 15 is 0 Å². The van der Waals surface area contributed by atoms with E-state index in [0.717, 1.165) is 5.56 Å². The molecule has 2 heterocycles. The molecule has 124 valence electrons. The molecule has 2 rings (SSSR count). The van der Waals surface area contributed by atoms with Gasteiger partial charge >= 0.3 is 6.18 Å². The van der Waals surface area contributed by atoms with E-state index in [2.05, 4.69) is 21.6 Å². The summed E-state index contributed by atoms with van der Waals surface area (Å²) in [4.78, 5) is 8.28. The lowest BCUT2D eigenvalue weighted by atomic mass is 10.3. The Morgan fingerprint density at radius 3 is 2.30 bits per heavy atom. The lowest BCUT2D eigenvalue weighted by Crippen LogP contribution is -2.37. The number of aliphatic hydroxyl groups is 2. The molecule has 0 aliphatic rings. The SMILES string of the molecule is C=C(O)C(F)(F)F.OCCC[n+]1ccc(-c2ncccn2)cn1. The van der Waals surface area contributed by atoms with E-state index in [1.54, 1.807) is 29.3 Å². The minimum atomic E-state index is -4.64. The minimum absolute atomic E-state index is 0.179. The van der Waals surface area contributed by atoms with Crippen molar-refractivity contribution < 1.29 is 28.1 Å². The highest BCUT2D eigenvalue weighted by Gasteiger charge is 2.31. The standard InChI is InChI=1S/C11H13N4O.C3H3F3O/c16-8-2-6-15-7-3-10(9-14-15)11-12-4-1-5-13-11;1-2(7)3(4,5)6/h1,3-5,7,9,16H,2,6,8H2;7H,1H2/q+1;. The summed E-state index contributed by atoms with van der Waals surface area (Å²) in [6, 6.07) is 3.70. The Balaban J connectivity index is 0.000000322. The van der Waals surface area contributed by atoms with Crippen LogP contribution in [0.2, 0.25) is 0 Å². The van der Waals surface area contributed by atoms with Crippen LogP contribution in [0.1, 0.15) is 6.42 Å². The first-order valence-electron chi connectivity index (χ1n) is 6.53. The number of nitrogens with zero attached hydrogens (tertiary/aromatic N) is 4. The van der Waals surface area contributed by atoms with Crippen LogP contribution >= 0.6 is 0 Å². The summed E-state index contributed by atoms with van der Waals surface area (Å²) in [5.41, 5.74) is 0.890. The summed E-state index contributed by atoms with van der Waals surface area (Å²) >= 11 is 0. The van der Waals surface area contributed by atoms with E-state index in [9.17, 15) is 13.2 Å². The second kappa shape index (κ2) is 8.79. The van der Waals surface area contributed by atoms with Gasteiger partial charge in [-0.1, -0.05) is 11.3 Å². The van der Waals surface area contributed by atoms with Gasteiger partial charge in [-0.25, -0.2) is 9.97 Å². The van der Waals surface area contributed by atoms with Gasteiger partial charge in [-0.3, -0.25) is 0 Å². The van der Waals surface area contributed by atoms with Crippen molar-refractivity contribution in [1.29, 1.82) is 0 Å². The Bertz CT molecular complexity index is 604. The van der Waals surface area contributed by atoms with E-state index in [-0.39, 0.29) is 6.61 Å². The normalized spacial score (nSPS) is 10.6. The maximum Gasteiger partial charge on any atom is 0.448 e. The first-order valence-corrected chi connectivity index (χ1v) is 6.53. The van der Waals surface area contributed by atoms with Crippen molar-refractivity contribution in [2.75, 3.05) is 6.61 Å². The zero-order valence-corrected chi connectivity index (χ0v) is 12.1. The number of rotatable bonds is 4. The molecule has 0 saturated carbocycles. The van der Waals surface area contributed by atoms with Gasteiger partial charge in [0.25, 0.3) is 0 Å². The molecule has 0 amide bonds. The third-order valence-corrected chi connectivity index (χ3v) is 2.47. The number of allylic oxidation sites excluding steroid dienone is 1. The Hall–Kier alpha value is -2.55. The first kappa shape index (κ1) is 18.5. The van der Waals surface area contributed by atoms with Crippen LogP contribution in [0.4, 0.5) is 13.2 Å². The maximum atomic E-state index is 10.8. The molecular weight excluding hydrogens is 313 g/mol. The maximum absolute atomic E-state index is 10.8. The van der Waals surface area contributed by atoms with E-state index in [0.29, 0.717) is 18.8 Å². The largest absolute Gasteiger partial charge is 0.505 e. The van der Waals surface area contributed by atoms with Crippen LogP contribution in [0.15, 0.2) is 49.3 Å². The number of aliphatic hydroxyl groups excluding tert-OH is 2. The smallest absolute Gasteiger partial charge is 0.448 e. The zero-order chi connectivity index (χ0) is 17.3. The molecule has 0 aromatic carbocycles. The number of aryl methyl sites for hydroxylation is 1. The van der Waals surface area contributed by atoms with Crippen molar-refractivity contribution in [2.24, 2.45) is 0 Å². The van der Waals surface area contributed by atoms with E-state index < -0.39 is 11.9 Å². The fraction of sp³-hybridized carbons (Fsp3) is 0.286. The van der Waals surface area contributed by atoms with E-state index in [1.165, 1.54) is 0 Å². The van der Waals surface area contributed by atoms with Gasteiger partial charge in [0.05, 0.1) is 0 Å². The molecule has 6 nitrogen and oxygen atoms in total. The summed E-state index contributed by atoms with van der Waals surface area (Å²) in [5, 5.41) is 20.5. The third-order valence-electron chi connectivity index (χ3n) is 2.47. The molecule has 0 aliphatic heterocycles. The van der Waals surface area contributed by atoms with Gasteiger partial charge in [-0.05, 0) is 11.2 Å². The molecule has 2 aromatic heterocycles. The molecule has 23 heavy (non-hydrogen) atoms. The summed E-state index contributed by atoms with van der Waals surface area (Å²) in [6.07, 6.45) is 3.07. The molecule has 0 saturated heterocycles. The molecule has 0 fully saturated rings. The zero-order valence-electron chi connectivity index (χ0n) is 12.1. The lowest BCUT2D eigenvalue weighted by Gasteiger charge is -1.99. The van der Waals surface area contributed by atoms with Gasteiger partial charge < -0.3 is 10.2 Å². The van der Waals surface area contributed by atoms with Crippen molar-refractivity contribution >= 4 is 0 Å². The van der Waals surface area contributed by atoms with Crippen molar-refractivity contribution in [3.05, 3.63) is 49.3 Å². The molecule has 2 aromatic rings. The van der Waals surface area contributed by atoms with Crippen LogP contribution < -0.4 is 4.68 Å². The van der Waals surface area contributed by atoms with Crippen molar-refractivity contribution in [2.45, 2.75) is 19.1 Å². The number of alkyl halides is 3. The minimum Gasteiger partial charge on any atom is -0.505 e. The van der Waals surface area contributed by atoms with Crippen molar-refractivity contribution in [3.8, 4) is 11.4 Å². The third kappa shape index (κ3) is 6.83. The average molecular weight is 329 g/mol. The highest BCUT2D eigenvalue weighted by atomic mass is 19.4. The van der Waals surface area contributed by atoms with Gasteiger partial charge in [-0.2, -0.15) is 13.2 Å². The summed E-state index contributed by atoms with van der Waals surface area (Å²) in [6.45, 7) is 3.15. The number of aromatic nitrogens is 4. The molecule has 0 radical (unpaired) electrons. The van der Waals surface area contributed by atoms with Crippen LogP contribution in [-0.2, 0) is 6.54 Å². The summed E-state index contributed by atoms with van der Waals surface area (Å²) in [7, 11) is 0. The average Bonchev–Trinajstić information content (AvgIpc) is 2.54. The molecule has 0 spiro atoms. The van der Waals surface area contributed by atoms with Gasteiger partial charge in [0, 0.05) is 37.1 Å².